The van der Waals surface area contributed by atoms with E-state index in [9.17, 15) is 0 Å². The Morgan fingerprint density at radius 3 is 1.29 bits per heavy atom. The van der Waals surface area contributed by atoms with E-state index in [-0.39, 0.29) is 0 Å². The fourth-order valence-electron chi connectivity index (χ4n) is 2.24. The Hall–Kier alpha value is -1.34. The lowest BCUT2D eigenvalue weighted by Gasteiger charge is -2.29. The molecular weight excluding hydrogens is 220 g/mol. The van der Waals surface area contributed by atoms with E-state index < -0.39 is 8.07 Å². The molecule has 0 saturated heterocycles. The van der Waals surface area contributed by atoms with Gasteiger partial charge in [-0.3, -0.25) is 0 Å². The molecular formula is C16H19Si. The summed E-state index contributed by atoms with van der Waals surface area (Å²) in [7, 11) is -1.35. The van der Waals surface area contributed by atoms with Gasteiger partial charge in [-0.2, -0.15) is 0 Å². The molecule has 0 unspecified atom stereocenters. The SMILES string of the molecule is C[Si](C)(C)[C](c1ccccc1)c1ccccc1. The third kappa shape index (κ3) is 2.86. The van der Waals surface area contributed by atoms with Crippen LogP contribution in [0.25, 0.3) is 0 Å². The maximum absolute atomic E-state index is 2.41. The van der Waals surface area contributed by atoms with Gasteiger partial charge in [-0.05, 0) is 11.1 Å². The van der Waals surface area contributed by atoms with Crippen LogP contribution in [-0.2, 0) is 0 Å². The highest BCUT2D eigenvalue weighted by molar-refractivity contribution is 6.83. The molecule has 0 nitrogen and oxygen atoms in total. The van der Waals surface area contributed by atoms with E-state index in [1.165, 1.54) is 11.1 Å². The zero-order valence-corrected chi connectivity index (χ0v) is 11.8. The van der Waals surface area contributed by atoms with Crippen LogP contribution in [0.5, 0.6) is 0 Å². The van der Waals surface area contributed by atoms with Gasteiger partial charge in [0.1, 0.15) is 0 Å². The number of rotatable bonds is 3. The molecule has 0 aliphatic heterocycles. The fraction of sp³-hybridized carbons (Fsp3) is 0.188. The monoisotopic (exact) mass is 239 g/mol. The van der Waals surface area contributed by atoms with Crippen LogP contribution in [0.1, 0.15) is 11.1 Å². The Kier molecular flexibility index (Phi) is 3.48. The van der Waals surface area contributed by atoms with Crippen LogP contribution in [0, 0.1) is 5.54 Å². The highest BCUT2D eigenvalue weighted by atomic mass is 28.3. The molecule has 2 rings (SSSR count). The molecule has 0 heterocycles. The first-order valence-electron chi connectivity index (χ1n) is 6.07. The molecule has 87 valence electrons. The lowest BCUT2D eigenvalue weighted by molar-refractivity contribution is 1.31. The number of hydrogen-bond acceptors (Lipinski definition) is 0. The summed E-state index contributed by atoms with van der Waals surface area (Å²) in [6, 6.07) is 21.5. The van der Waals surface area contributed by atoms with Crippen molar-refractivity contribution in [2.24, 2.45) is 0 Å². The molecule has 0 bridgehead atoms. The molecule has 0 aliphatic carbocycles. The molecule has 0 fully saturated rings. The van der Waals surface area contributed by atoms with Gasteiger partial charge in [0.25, 0.3) is 0 Å². The Balaban J connectivity index is 2.48. The quantitative estimate of drug-likeness (QED) is 0.690. The van der Waals surface area contributed by atoms with Crippen LogP contribution in [-0.4, -0.2) is 8.07 Å². The van der Waals surface area contributed by atoms with Crippen molar-refractivity contribution in [2.45, 2.75) is 19.6 Å². The lowest BCUT2D eigenvalue weighted by atomic mass is 10.0. The molecule has 1 radical (unpaired) electrons. The van der Waals surface area contributed by atoms with Crippen LogP contribution in [0.15, 0.2) is 60.7 Å². The minimum atomic E-state index is -1.35. The predicted octanol–water partition coefficient (Wildman–Crippen LogP) is 4.53. The summed E-state index contributed by atoms with van der Waals surface area (Å²) in [6.45, 7) is 7.22. The van der Waals surface area contributed by atoms with Gasteiger partial charge in [0.15, 0.2) is 0 Å². The van der Waals surface area contributed by atoms with Gasteiger partial charge in [-0.1, -0.05) is 80.3 Å². The summed E-state index contributed by atoms with van der Waals surface area (Å²) in [6.07, 6.45) is 0. The summed E-state index contributed by atoms with van der Waals surface area (Å²) >= 11 is 0. The summed E-state index contributed by atoms with van der Waals surface area (Å²) in [5.74, 6) is 0. The smallest absolute Gasteiger partial charge is 0.0624 e. The third-order valence-electron chi connectivity index (χ3n) is 2.87. The normalized spacial score (nSPS) is 11.8. The minimum Gasteiger partial charge on any atom is -0.0685 e. The van der Waals surface area contributed by atoms with Crippen LogP contribution in [0.4, 0.5) is 0 Å². The third-order valence-corrected chi connectivity index (χ3v) is 4.95. The Labute approximate surface area is 105 Å². The van der Waals surface area contributed by atoms with Gasteiger partial charge >= 0.3 is 0 Å². The molecule has 0 saturated carbocycles. The number of benzene rings is 2. The Morgan fingerprint density at radius 2 is 1.00 bits per heavy atom. The van der Waals surface area contributed by atoms with Crippen LogP contribution in [0.2, 0.25) is 19.6 Å². The van der Waals surface area contributed by atoms with Crippen molar-refractivity contribution in [3.8, 4) is 0 Å². The van der Waals surface area contributed by atoms with E-state index in [0.29, 0.717) is 0 Å². The molecule has 2 aromatic carbocycles. The number of hydrogen-bond donors (Lipinski definition) is 0. The van der Waals surface area contributed by atoms with Crippen molar-refractivity contribution in [1.82, 2.24) is 0 Å². The first-order valence-corrected chi connectivity index (χ1v) is 9.57. The van der Waals surface area contributed by atoms with Gasteiger partial charge in [0, 0.05) is 5.54 Å². The second-order valence-electron chi connectivity index (χ2n) is 5.36. The molecule has 0 spiro atoms. The highest BCUT2D eigenvalue weighted by Crippen LogP contribution is 2.32. The van der Waals surface area contributed by atoms with Crippen LogP contribution in [0.3, 0.4) is 0 Å². The molecule has 0 amide bonds. The van der Waals surface area contributed by atoms with Crippen molar-refractivity contribution < 1.29 is 0 Å². The Bertz CT molecular complexity index is 414. The van der Waals surface area contributed by atoms with Gasteiger partial charge in [-0.25, -0.2) is 0 Å². The van der Waals surface area contributed by atoms with Gasteiger partial charge in [0.2, 0.25) is 0 Å². The molecule has 0 aliphatic rings. The maximum Gasteiger partial charge on any atom is 0.0624 e. The average Bonchev–Trinajstić information content (AvgIpc) is 2.30. The molecule has 1 heteroatoms. The lowest BCUT2D eigenvalue weighted by Crippen LogP contribution is -2.32. The summed E-state index contributed by atoms with van der Waals surface area (Å²) in [4.78, 5) is 0. The first kappa shape index (κ1) is 12.1. The summed E-state index contributed by atoms with van der Waals surface area (Å²) in [5.41, 5.74) is 4.29. The summed E-state index contributed by atoms with van der Waals surface area (Å²) < 4.78 is 0. The zero-order valence-electron chi connectivity index (χ0n) is 10.8. The van der Waals surface area contributed by atoms with Gasteiger partial charge in [0.05, 0.1) is 8.07 Å². The molecule has 0 aromatic heterocycles. The van der Waals surface area contributed by atoms with Crippen molar-refractivity contribution >= 4 is 8.07 Å². The Morgan fingerprint density at radius 1 is 0.647 bits per heavy atom. The molecule has 0 atom stereocenters. The van der Waals surface area contributed by atoms with E-state index >= 15 is 0 Å². The second kappa shape index (κ2) is 4.88. The topological polar surface area (TPSA) is 0 Å². The molecule has 2 aromatic rings. The van der Waals surface area contributed by atoms with Crippen molar-refractivity contribution in [3.05, 3.63) is 77.3 Å². The van der Waals surface area contributed by atoms with Crippen molar-refractivity contribution in [1.29, 1.82) is 0 Å². The van der Waals surface area contributed by atoms with Gasteiger partial charge in [-0.15, -0.1) is 0 Å². The predicted molar refractivity (Wildman–Crippen MR) is 77.7 cm³/mol. The van der Waals surface area contributed by atoms with Crippen LogP contribution < -0.4 is 0 Å². The fourth-order valence-corrected chi connectivity index (χ4v) is 4.31. The first-order chi connectivity index (χ1) is 8.09. The average molecular weight is 239 g/mol. The largest absolute Gasteiger partial charge is 0.0685 e. The standard InChI is InChI=1S/C16H19Si/c1-17(2,3)16(14-10-6-4-7-11-14)15-12-8-5-9-13-15/h4-13H,1-3H3. The second-order valence-corrected chi connectivity index (χ2v) is 10.4. The van der Waals surface area contributed by atoms with Gasteiger partial charge < -0.3 is 0 Å². The van der Waals surface area contributed by atoms with E-state index in [2.05, 4.69) is 80.3 Å². The minimum absolute atomic E-state index is 1.35. The van der Waals surface area contributed by atoms with E-state index in [4.69, 9.17) is 0 Å². The van der Waals surface area contributed by atoms with Crippen molar-refractivity contribution in [3.63, 3.8) is 0 Å². The molecule has 17 heavy (non-hydrogen) atoms. The van der Waals surface area contributed by atoms with Crippen LogP contribution >= 0.6 is 0 Å². The van der Waals surface area contributed by atoms with E-state index in [0.717, 1.165) is 0 Å². The maximum atomic E-state index is 2.41. The zero-order chi connectivity index (χ0) is 12.3. The van der Waals surface area contributed by atoms with Crippen molar-refractivity contribution in [2.75, 3.05) is 0 Å². The van der Waals surface area contributed by atoms with E-state index in [1.807, 2.05) is 0 Å². The highest BCUT2D eigenvalue weighted by Gasteiger charge is 2.29. The van der Waals surface area contributed by atoms with E-state index in [1.54, 1.807) is 5.54 Å². The molecule has 0 N–H and O–H groups in total. The summed E-state index contributed by atoms with van der Waals surface area (Å²) in [5, 5.41) is 0.